The molecular weight excluding hydrogens is 248 g/mol. The quantitative estimate of drug-likeness (QED) is 0.915. The maximum absolute atomic E-state index is 12.0. The molecule has 5 nitrogen and oxygen atoms in total. The molecule has 0 atom stereocenters. The van der Waals surface area contributed by atoms with Gasteiger partial charge < -0.3 is 0 Å². The SMILES string of the molecule is CCc1nnc(NC(=O)c2ccccc2C#N)s1. The molecule has 6 heteroatoms. The standard InChI is InChI=1S/C12H10N4OS/c1-2-10-15-16-12(18-10)14-11(17)9-6-4-3-5-8(9)7-13/h3-6H,2H2,1H3,(H,14,16,17). The van der Waals surface area contributed by atoms with Crippen molar-refractivity contribution < 1.29 is 4.79 Å². The number of hydrogen-bond acceptors (Lipinski definition) is 5. The molecular formula is C12H10N4OS. The van der Waals surface area contributed by atoms with E-state index in [9.17, 15) is 4.79 Å². The molecule has 1 N–H and O–H groups in total. The average Bonchev–Trinajstić information content (AvgIpc) is 2.86. The molecule has 1 aromatic carbocycles. The molecule has 0 unspecified atom stereocenters. The minimum absolute atomic E-state index is 0.341. The largest absolute Gasteiger partial charge is 0.296 e. The topological polar surface area (TPSA) is 78.7 Å². The van der Waals surface area contributed by atoms with E-state index < -0.39 is 0 Å². The van der Waals surface area contributed by atoms with Crippen molar-refractivity contribution in [2.24, 2.45) is 0 Å². The lowest BCUT2D eigenvalue weighted by molar-refractivity contribution is 0.102. The van der Waals surface area contributed by atoms with Crippen molar-refractivity contribution in [3.05, 3.63) is 40.4 Å². The van der Waals surface area contributed by atoms with Crippen LogP contribution in [0, 0.1) is 11.3 Å². The summed E-state index contributed by atoms with van der Waals surface area (Å²) in [4.78, 5) is 12.0. The second-order valence-electron chi connectivity index (χ2n) is 3.47. The number of carbonyl (C=O) groups excluding carboxylic acids is 1. The van der Waals surface area contributed by atoms with Gasteiger partial charge in [0.2, 0.25) is 5.13 Å². The number of carbonyl (C=O) groups is 1. The van der Waals surface area contributed by atoms with Gasteiger partial charge in [0.05, 0.1) is 17.2 Å². The number of hydrogen-bond donors (Lipinski definition) is 1. The highest BCUT2D eigenvalue weighted by Gasteiger charge is 2.12. The highest BCUT2D eigenvalue weighted by Crippen LogP contribution is 2.17. The lowest BCUT2D eigenvalue weighted by atomic mass is 10.1. The summed E-state index contributed by atoms with van der Waals surface area (Å²) in [5.74, 6) is -0.342. The zero-order chi connectivity index (χ0) is 13.0. The number of aromatic nitrogens is 2. The summed E-state index contributed by atoms with van der Waals surface area (Å²) >= 11 is 1.33. The van der Waals surface area contributed by atoms with Gasteiger partial charge in [-0.2, -0.15) is 5.26 Å². The molecule has 18 heavy (non-hydrogen) atoms. The van der Waals surface area contributed by atoms with Crippen molar-refractivity contribution in [2.75, 3.05) is 5.32 Å². The predicted molar refractivity (Wildman–Crippen MR) is 68.4 cm³/mol. The minimum atomic E-state index is -0.342. The molecule has 0 radical (unpaired) electrons. The van der Waals surface area contributed by atoms with Crippen molar-refractivity contribution in [1.29, 1.82) is 5.26 Å². The molecule has 0 fully saturated rings. The van der Waals surface area contributed by atoms with E-state index in [1.165, 1.54) is 11.3 Å². The molecule has 1 heterocycles. The predicted octanol–water partition coefficient (Wildman–Crippen LogP) is 2.22. The van der Waals surface area contributed by atoms with Crippen molar-refractivity contribution >= 4 is 22.4 Å². The lowest BCUT2D eigenvalue weighted by Crippen LogP contribution is -2.13. The Balaban J connectivity index is 2.19. The highest BCUT2D eigenvalue weighted by molar-refractivity contribution is 7.15. The van der Waals surface area contributed by atoms with Crippen LogP contribution in [0.1, 0.15) is 27.9 Å². The van der Waals surface area contributed by atoms with Gasteiger partial charge in [-0.3, -0.25) is 10.1 Å². The Hall–Kier alpha value is -2.26. The number of aryl methyl sites for hydroxylation is 1. The fourth-order valence-electron chi connectivity index (χ4n) is 1.39. The van der Waals surface area contributed by atoms with Crippen LogP contribution in [0.4, 0.5) is 5.13 Å². The van der Waals surface area contributed by atoms with Crippen LogP contribution in [-0.4, -0.2) is 16.1 Å². The number of nitrogens with one attached hydrogen (secondary N) is 1. The van der Waals surface area contributed by atoms with Gasteiger partial charge in [0, 0.05) is 0 Å². The first kappa shape index (κ1) is 12.2. The molecule has 1 amide bonds. The average molecular weight is 258 g/mol. The maximum Gasteiger partial charge on any atom is 0.258 e. The van der Waals surface area contributed by atoms with E-state index in [0.717, 1.165) is 11.4 Å². The molecule has 0 bridgehead atoms. The van der Waals surface area contributed by atoms with Gasteiger partial charge in [-0.25, -0.2) is 0 Å². The Bertz CT molecular complexity index is 615. The molecule has 0 aliphatic carbocycles. The van der Waals surface area contributed by atoms with Crippen molar-refractivity contribution in [3.63, 3.8) is 0 Å². The second kappa shape index (κ2) is 5.38. The van der Waals surface area contributed by atoms with E-state index in [1.807, 2.05) is 13.0 Å². The Morgan fingerprint density at radius 1 is 1.44 bits per heavy atom. The van der Waals surface area contributed by atoms with E-state index >= 15 is 0 Å². The van der Waals surface area contributed by atoms with Crippen LogP contribution in [-0.2, 0) is 6.42 Å². The van der Waals surface area contributed by atoms with Gasteiger partial charge in [-0.05, 0) is 18.6 Å². The molecule has 0 saturated carbocycles. The molecule has 90 valence electrons. The fourth-order valence-corrected chi connectivity index (χ4v) is 2.06. The van der Waals surface area contributed by atoms with Crippen molar-refractivity contribution in [3.8, 4) is 6.07 Å². The van der Waals surface area contributed by atoms with E-state index in [1.54, 1.807) is 24.3 Å². The van der Waals surface area contributed by atoms with Crippen molar-refractivity contribution in [1.82, 2.24) is 10.2 Å². The normalized spacial score (nSPS) is 9.78. The first-order valence-corrected chi connectivity index (χ1v) is 6.19. The van der Waals surface area contributed by atoms with Gasteiger partial charge in [0.25, 0.3) is 5.91 Å². The third-order valence-corrected chi connectivity index (χ3v) is 3.26. The Morgan fingerprint density at radius 2 is 2.22 bits per heavy atom. The Kier molecular flexibility index (Phi) is 3.65. The summed E-state index contributed by atoms with van der Waals surface area (Å²) in [6.07, 6.45) is 0.780. The molecule has 0 aliphatic rings. The van der Waals surface area contributed by atoms with Gasteiger partial charge in [0.15, 0.2) is 0 Å². The van der Waals surface area contributed by atoms with Crippen LogP contribution >= 0.6 is 11.3 Å². The second-order valence-corrected chi connectivity index (χ2v) is 4.53. The summed E-state index contributed by atoms with van der Waals surface area (Å²) in [5, 5.41) is 20.6. The smallest absolute Gasteiger partial charge is 0.258 e. The van der Waals surface area contributed by atoms with Crippen LogP contribution < -0.4 is 5.32 Å². The van der Waals surface area contributed by atoms with Crippen LogP contribution in [0.25, 0.3) is 0 Å². The number of benzene rings is 1. The van der Waals surface area contributed by atoms with Gasteiger partial charge in [-0.15, -0.1) is 10.2 Å². The molecule has 2 aromatic rings. The summed E-state index contributed by atoms with van der Waals surface area (Å²) in [5.41, 5.74) is 0.684. The van der Waals surface area contributed by atoms with Gasteiger partial charge >= 0.3 is 0 Å². The van der Waals surface area contributed by atoms with Gasteiger partial charge in [-0.1, -0.05) is 30.4 Å². The molecule has 0 aliphatic heterocycles. The van der Waals surface area contributed by atoms with E-state index in [2.05, 4.69) is 15.5 Å². The van der Waals surface area contributed by atoms with E-state index in [-0.39, 0.29) is 5.91 Å². The summed E-state index contributed by atoms with van der Waals surface area (Å²) in [6, 6.07) is 8.63. The van der Waals surface area contributed by atoms with E-state index in [0.29, 0.717) is 16.3 Å². The number of anilines is 1. The highest BCUT2D eigenvalue weighted by atomic mass is 32.1. The molecule has 0 spiro atoms. The first-order chi connectivity index (χ1) is 8.74. The van der Waals surface area contributed by atoms with Crippen molar-refractivity contribution in [2.45, 2.75) is 13.3 Å². The summed E-state index contributed by atoms with van der Waals surface area (Å²) in [7, 11) is 0. The lowest BCUT2D eigenvalue weighted by Gasteiger charge is -2.02. The maximum atomic E-state index is 12.0. The number of rotatable bonds is 3. The zero-order valence-electron chi connectivity index (χ0n) is 9.67. The van der Waals surface area contributed by atoms with Crippen LogP contribution in [0.5, 0.6) is 0 Å². The summed E-state index contributed by atoms with van der Waals surface area (Å²) in [6.45, 7) is 1.97. The number of nitrogens with zero attached hydrogens (tertiary/aromatic N) is 3. The van der Waals surface area contributed by atoms with E-state index in [4.69, 9.17) is 5.26 Å². The monoisotopic (exact) mass is 258 g/mol. The zero-order valence-corrected chi connectivity index (χ0v) is 10.5. The van der Waals surface area contributed by atoms with Gasteiger partial charge in [0.1, 0.15) is 5.01 Å². The third kappa shape index (κ3) is 2.52. The van der Waals surface area contributed by atoms with Crippen LogP contribution in [0.3, 0.4) is 0 Å². The molecule has 0 saturated heterocycles. The summed E-state index contributed by atoms with van der Waals surface area (Å²) < 4.78 is 0. The number of amides is 1. The Labute approximate surface area is 108 Å². The van der Waals surface area contributed by atoms with Crippen LogP contribution in [0.2, 0.25) is 0 Å². The third-order valence-electron chi connectivity index (χ3n) is 2.28. The Morgan fingerprint density at radius 3 is 2.89 bits per heavy atom. The van der Waals surface area contributed by atoms with Crippen LogP contribution in [0.15, 0.2) is 24.3 Å². The molecule has 1 aromatic heterocycles. The molecule has 2 rings (SSSR count). The minimum Gasteiger partial charge on any atom is -0.296 e. The fraction of sp³-hybridized carbons (Fsp3) is 0.167. The number of nitriles is 1. The first-order valence-electron chi connectivity index (χ1n) is 5.37.